The van der Waals surface area contributed by atoms with E-state index in [0.29, 0.717) is 0 Å². The first kappa shape index (κ1) is 14.6. The van der Waals surface area contributed by atoms with E-state index in [1.807, 2.05) is 0 Å². The molecule has 0 unspecified atom stereocenters. The van der Waals surface area contributed by atoms with Crippen molar-refractivity contribution < 1.29 is 24.6 Å². The van der Waals surface area contributed by atoms with Crippen LogP contribution in [0.4, 0.5) is 0 Å². The molecule has 1 amide bonds. The van der Waals surface area contributed by atoms with Gasteiger partial charge < -0.3 is 15.5 Å². The molecule has 0 radical (unpaired) electrons. The maximum Gasteiger partial charge on any atom is 0.326 e. The van der Waals surface area contributed by atoms with Crippen LogP contribution in [0.2, 0.25) is 0 Å². The molecule has 0 spiro atoms. The number of nitrogens with zero attached hydrogens (tertiary/aromatic N) is 3. The lowest BCUT2D eigenvalue weighted by Gasteiger charge is -2.13. The van der Waals surface area contributed by atoms with Gasteiger partial charge in [0.25, 0.3) is 0 Å². The number of nitrogens with one attached hydrogen (secondary N) is 1. The molecule has 0 bridgehead atoms. The second-order valence-corrected chi connectivity index (χ2v) is 3.84. The molecule has 1 rings (SSSR count). The molecule has 0 aliphatic heterocycles. The molecule has 0 aliphatic carbocycles. The van der Waals surface area contributed by atoms with Crippen LogP contribution < -0.4 is 5.32 Å². The van der Waals surface area contributed by atoms with E-state index in [2.05, 4.69) is 15.6 Å². The third-order valence-electron chi connectivity index (χ3n) is 2.29. The van der Waals surface area contributed by atoms with E-state index >= 15 is 0 Å². The Kier molecular flexibility index (Phi) is 5.45. The van der Waals surface area contributed by atoms with E-state index in [-0.39, 0.29) is 25.8 Å². The molecular formula is C10H14N4O5. The maximum atomic E-state index is 11.5. The van der Waals surface area contributed by atoms with Gasteiger partial charge in [0.15, 0.2) is 0 Å². The zero-order chi connectivity index (χ0) is 14.3. The zero-order valence-corrected chi connectivity index (χ0v) is 10.0. The number of aromatic nitrogens is 3. The third-order valence-corrected chi connectivity index (χ3v) is 2.29. The molecule has 19 heavy (non-hydrogen) atoms. The number of carboxylic acid groups (broad SMARTS) is 2. The molecule has 1 aromatic rings. The normalized spacial score (nSPS) is 11.8. The van der Waals surface area contributed by atoms with Crippen LogP contribution in [-0.4, -0.2) is 49.1 Å². The van der Waals surface area contributed by atoms with Crippen LogP contribution >= 0.6 is 0 Å². The first-order chi connectivity index (χ1) is 8.99. The predicted octanol–water partition coefficient (Wildman–Crippen LogP) is -0.898. The smallest absolute Gasteiger partial charge is 0.326 e. The summed E-state index contributed by atoms with van der Waals surface area (Å²) in [4.78, 5) is 32.8. The second kappa shape index (κ2) is 7.09. The van der Waals surface area contributed by atoms with Gasteiger partial charge in [-0.25, -0.2) is 9.48 Å². The Hall–Kier alpha value is -2.45. The summed E-state index contributed by atoms with van der Waals surface area (Å²) in [6.45, 7) is -0.136. The number of carboxylic acids is 2. The molecule has 9 heteroatoms. The minimum atomic E-state index is -1.20. The van der Waals surface area contributed by atoms with Gasteiger partial charge in [-0.2, -0.15) is 0 Å². The fourth-order valence-corrected chi connectivity index (χ4v) is 1.42. The Morgan fingerprint density at radius 2 is 2.05 bits per heavy atom. The highest BCUT2D eigenvalue weighted by atomic mass is 16.4. The maximum absolute atomic E-state index is 11.5. The average Bonchev–Trinajstić information content (AvgIpc) is 2.79. The standard InChI is InChI=1S/C10H14N4O5/c15-8(6-14-5-4-11-13-14)12-7(10(18)19)2-1-3-9(16)17/h4-5,7H,1-3,6H2,(H,12,15)(H,16,17)(H,18,19)/t7-/m1/s1. The molecule has 3 N–H and O–H groups in total. The summed E-state index contributed by atoms with van der Waals surface area (Å²) in [5, 5.41) is 26.8. The Morgan fingerprint density at radius 1 is 1.32 bits per heavy atom. The van der Waals surface area contributed by atoms with Gasteiger partial charge in [-0.1, -0.05) is 5.21 Å². The first-order valence-corrected chi connectivity index (χ1v) is 5.57. The first-order valence-electron chi connectivity index (χ1n) is 5.57. The Balaban J connectivity index is 2.42. The van der Waals surface area contributed by atoms with Crippen molar-refractivity contribution in [2.75, 3.05) is 0 Å². The number of hydrogen-bond acceptors (Lipinski definition) is 5. The average molecular weight is 270 g/mol. The SMILES string of the molecule is O=C(O)CCC[C@@H](NC(=O)Cn1ccnn1)C(=O)O. The van der Waals surface area contributed by atoms with Gasteiger partial charge >= 0.3 is 11.9 Å². The van der Waals surface area contributed by atoms with Crippen molar-refractivity contribution in [1.82, 2.24) is 20.3 Å². The van der Waals surface area contributed by atoms with Gasteiger partial charge in [0.05, 0.1) is 6.20 Å². The van der Waals surface area contributed by atoms with Gasteiger partial charge in [0, 0.05) is 12.6 Å². The summed E-state index contributed by atoms with van der Waals surface area (Å²) in [6, 6.07) is -1.10. The number of carbonyl (C=O) groups is 3. The van der Waals surface area contributed by atoms with Crippen LogP contribution in [0.15, 0.2) is 12.4 Å². The lowest BCUT2D eigenvalue weighted by Crippen LogP contribution is -2.42. The highest BCUT2D eigenvalue weighted by Crippen LogP contribution is 2.02. The van der Waals surface area contributed by atoms with Crippen LogP contribution in [0.3, 0.4) is 0 Å². The number of hydrogen-bond donors (Lipinski definition) is 3. The van der Waals surface area contributed by atoms with E-state index in [4.69, 9.17) is 10.2 Å². The molecule has 0 saturated heterocycles. The van der Waals surface area contributed by atoms with E-state index < -0.39 is 23.9 Å². The molecule has 0 aliphatic rings. The molecule has 1 aromatic heterocycles. The molecule has 1 atom stereocenters. The second-order valence-electron chi connectivity index (χ2n) is 3.84. The van der Waals surface area contributed by atoms with Gasteiger partial charge in [-0.05, 0) is 12.8 Å². The number of aliphatic carboxylic acids is 2. The number of amides is 1. The van der Waals surface area contributed by atoms with E-state index in [0.717, 1.165) is 0 Å². The van der Waals surface area contributed by atoms with E-state index in [1.165, 1.54) is 17.1 Å². The molecular weight excluding hydrogens is 256 g/mol. The summed E-state index contributed by atoms with van der Waals surface area (Å²) < 4.78 is 1.26. The molecule has 0 aromatic carbocycles. The molecule has 0 saturated carbocycles. The third kappa shape index (κ3) is 5.61. The zero-order valence-electron chi connectivity index (χ0n) is 10.0. The van der Waals surface area contributed by atoms with Gasteiger partial charge in [-0.15, -0.1) is 5.10 Å². The van der Waals surface area contributed by atoms with Crippen LogP contribution in [0.1, 0.15) is 19.3 Å². The Labute approximate surface area is 108 Å². The van der Waals surface area contributed by atoms with E-state index in [1.54, 1.807) is 0 Å². The van der Waals surface area contributed by atoms with Crippen LogP contribution in [0, 0.1) is 0 Å². The van der Waals surface area contributed by atoms with Gasteiger partial charge in [-0.3, -0.25) is 9.59 Å². The number of carbonyl (C=O) groups excluding carboxylic acids is 1. The van der Waals surface area contributed by atoms with E-state index in [9.17, 15) is 14.4 Å². The predicted molar refractivity (Wildman–Crippen MR) is 61.1 cm³/mol. The fraction of sp³-hybridized carbons (Fsp3) is 0.500. The quantitative estimate of drug-likeness (QED) is 0.557. The van der Waals surface area contributed by atoms with Gasteiger partial charge in [0.2, 0.25) is 5.91 Å². The monoisotopic (exact) mass is 270 g/mol. The van der Waals surface area contributed by atoms with Crippen molar-refractivity contribution in [2.24, 2.45) is 0 Å². The minimum absolute atomic E-state index is 0.0602. The highest BCUT2D eigenvalue weighted by Gasteiger charge is 2.20. The summed E-state index contributed by atoms with van der Waals surface area (Å²) in [7, 11) is 0. The molecule has 9 nitrogen and oxygen atoms in total. The van der Waals surface area contributed by atoms with Crippen molar-refractivity contribution in [3.05, 3.63) is 12.4 Å². The lowest BCUT2D eigenvalue weighted by molar-refractivity contribution is -0.142. The van der Waals surface area contributed by atoms with Crippen molar-refractivity contribution in [2.45, 2.75) is 31.8 Å². The largest absolute Gasteiger partial charge is 0.481 e. The molecule has 0 fully saturated rings. The van der Waals surface area contributed by atoms with Crippen LogP contribution in [0.25, 0.3) is 0 Å². The summed E-state index contributed by atoms with van der Waals surface area (Å²) >= 11 is 0. The van der Waals surface area contributed by atoms with Crippen molar-refractivity contribution in [3.8, 4) is 0 Å². The van der Waals surface area contributed by atoms with Crippen molar-refractivity contribution in [3.63, 3.8) is 0 Å². The minimum Gasteiger partial charge on any atom is -0.481 e. The summed E-state index contributed by atoms with van der Waals surface area (Å²) in [5.74, 6) is -2.72. The molecule has 104 valence electrons. The Bertz CT molecular complexity index is 445. The Morgan fingerprint density at radius 3 is 2.58 bits per heavy atom. The topological polar surface area (TPSA) is 134 Å². The van der Waals surface area contributed by atoms with Crippen molar-refractivity contribution >= 4 is 17.8 Å². The van der Waals surface area contributed by atoms with Gasteiger partial charge in [0.1, 0.15) is 12.6 Å². The summed E-state index contributed by atoms with van der Waals surface area (Å²) in [6.07, 6.45) is 2.97. The van der Waals surface area contributed by atoms with Crippen LogP contribution in [0.5, 0.6) is 0 Å². The highest BCUT2D eigenvalue weighted by molar-refractivity contribution is 5.83. The van der Waals surface area contributed by atoms with Crippen molar-refractivity contribution in [1.29, 1.82) is 0 Å². The molecule has 1 heterocycles. The fourth-order valence-electron chi connectivity index (χ4n) is 1.42. The van der Waals surface area contributed by atoms with Crippen LogP contribution in [-0.2, 0) is 20.9 Å². The summed E-state index contributed by atoms with van der Waals surface area (Å²) in [5.41, 5.74) is 0. The number of rotatable bonds is 8. The lowest BCUT2D eigenvalue weighted by atomic mass is 10.1.